The molecule has 0 aliphatic carbocycles. The molecular weight excluding hydrogens is 544 g/mol. The van der Waals surface area contributed by atoms with E-state index >= 15 is 0 Å². The van der Waals surface area contributed by atoms with Gasteiger partial charge >= 0.3 is 0 Å². The molecule has 0 unspecified atom stereocenters. The van der Waals surface area contributed by atoms with Crippen molar-refractivity contribution >= 4 is 62.1 Å². The van der Waals surface area contributed by atoms with E-state index < -0.39 is 5.54 Å². The van der Waals surface area contributed by atoms with E-state index in [1.54, 1.807) is 18.2 Å². The van der Waals surface area contributed by atoms with Gasteiger partial charge < -0.3 is 19.7 Å². The van der Waals surface area contributed by atoms with Crippen molar-refractivity contribution in [1.82, 2.24) is 5.32 Å². The average Bonchev–Trinajstić information content (AvgIpc) is 3.40. The molecule has 0 bridgehead atoms. The Morgan fingerprint density at radius 3 is 2.79 bits per heavy atom. The lowest BCUT2D eigenvalue weighted by Crippen LogP contribution is -2.55. The van der Waals surface area contributed by atoms with Crippen molar-refractivity contribution in [3.63, 3.8) is 0 Å². The van der Waals surface area contributed by atoms with Crippen LogP contribution in [0.1, 0.15) is 28.1 Å². The van der Waals surface area contributed by atoms with E-state index in [0.717, 1.165) is 9.35 Å². The molecule has 2 aliphatic rings. The minimum atomic E-state index is -1.08. The molecule has 4 rings (SSSR count). The minimum absolute atomic E-state index is 0.0973. The van der Waals surface area contributed by atoms with Crippen molar-refractivity contribution in [3.8, 4) is 6.19 Å². The molecule has 11 heteroatoms. The van der Waals surface area contributed by atoms with Crippen LogP contribution in [-0.4, -0.2) is 56.0 Å². The number of halogens is 2. The summed E-state index contributed by atoms with van der Waals surface area (Å²) in [5.74, 6) is 0.166. The number of thiophene rings is 1. The number of aliphatic imine (C=N–C) groups is 1. The molecule has 1 N–H and O–H groups in total. The molecule has 2 aromatic rings. The van der Waals surface area contributed by atoms with Crippen LogP contribution >= 0.6 is 38.9 Å². The molecule has 2 fully saturated rings. The number of amidine groups is 1. The van der Waals surface area contributed by atoms with Gasteiger partial charge in [0.2, 0.25) is 6.19 Å². The van der Waals surface area contributed by atoms with Gasteiger partial charge in [0.25, 0.3) is 5.91 Å². The zero-order valence-electron chi connectivity index (χ0n) is 18.2. The second-order valence-corrected chi connectivity index (χ2v) is 10.8. The second-order valence-electron chi connectivity index (χ2n) is 7.97. The van der Waals surface area contributed by atoms with Crippen LogP contribution < -0.4 is 10.2 Å². The van der Waals surface area contributed by atoms with Crippen molar-refractivity contribution in [2.24, 2.45) is 4.99 Å². The van der Waals surface area contributed by atoms with Gasteiger partial charge in [0.1, 0.15) is 11.4 Å². The third-order valence-corrected chi connectivity index (χ3v) is 7.72. The van der Waals surface area contributed by atoms with E-state index in [0.29, 0.717) is 60.6 Å². The number of rotatable bonds is 6. The topological polar surface area (TPSA) is 104 Å². The van der Waals surface area contributed by atoms with E-state index in [9.17, 15) is 9.59 Å². The molecule has 3 heterocycles. The SMILES string of the molecule is N#CN=C1CCOCCN1c1ccc(CC(=O)[C@]2(NC(=O)c3ccc(Br)s3)CCOC2)cc1Cl. The lowest BCUT2D eigenvalue weighted by atomic mass is 9.88. The number of benzene rings is 1. The number of carbonyl (C=O) groups excluding carboxylic acids is 2. The third kappa shape index (κ3) is 5.50. The number of hydrogen-bond acceptors (Lipinski definition) is 7. The summed E-state index contributed by atoms with van der Waals surface area (Å²) >= 11 is 11.3. The van der Waals surface area contributed by atoms with E-state index in [-0.39, 0.29) is 24.7 Å². The summed E-state index contributed by atoms with van der Waals surface area (Å²) in [6, 6.07) is 8.91. The number of Topliss-reactive ketones (excluding diaryl/α,β-unsaturated/α-hetero) is 1. The fraction of sp³-hybridized carbons (Fsp3) is 0.391. The summed E-state index contributed by atoms with van der Waals surface area (Å²) in [6.45, 7) is 2.03. The number of ketones is 1. The Morgan fingerprint density at radius 1 is 1.26 bits per heavy atom. The van der Waals surface area contributed by atoms with Gasteiger partial charge in [-0.1, -0.05) is 17.7 Å². The first-order chi connectivity index (χ1) is 16.4. The maximum Gasteiger partial charge on any atom is 0.262 e. The van der Waals surface area contributed by atoms with Gasteiger partial charge in [-0.05, 0) is 45.8 Å². The van der Waals surface area contributed by atoms with Gasteiger partial charge in [-0.3, -0.25) is 9.59 Å². The lowest BCUT2D eigenvalue weighted by molar-refractivity contribution is -0.124. The quantitative estimate of drug-likeness (QED) is 0.532. The van der Waals surface area contributed by atoms with Gasteiger partial charge in [-0.25, -0.2) is 0 Å². The van der Waals surface area contributed by atoms with Crippen LogP contribution in [0.3, 0.4) is 0 Å². The standard InChI is InChI=1S/C23H22BrClN4O4S/c24-20-4-3-18(34-20)22(31)28-23(6-9-33-13-23)19(30)12-15-1-2-17(16(25)11-15)29-7-10-32-8-5-21(29)27-14-26/h1-4,11H,5-10,12-13H2,(H,28,31)/t23-/m0/s1. The molecule has 2 saturated heterocycles. The van der Waals surface area contributed by atoms with Gasteiger partial charge in [0.15, 0.2) is 5.78 Å². The van der Waals surface area contributed by atoms with Gasteiger partial charge in [-0.2, -0.15) is 10.3 Å². The second kappa shape index (κ2) is 11.0. The smallest absolute Gasteiger partial charge is 0.262 e. The van der Waals surface area contributed by atoms with Crippen LogP contribution in [0.4, 0.5) is 5.69 Å². The monoisotopic (exact) mass is 564 g/mol. The Balaban J connectivity index is 1.51. The maximum atomic E-state index is 13.4. The summed E-state index contributed by atoms with van der Waals surface area (Å²) in [7, 11) is 0. The van der Waals surface area contributed by atoms with Crippen molar-refractivity contribution in [3.05, 3.63) is 49.6 Å². The summed E-state index contributed by atoms with van der Waals surface area (Å²) in [5, 5.41) is 12.4. The molecule has 34 heavy (non-hydrogen) atoms. The zero-order valence-corrected chi connectivity index (χ0v) is 21.3. The normalized spacial score (nSPS) is 21.8. The van der Waals surface area contributed by atoms with Gasteiger partial charge in [0.05, 0.1) is 39.2 Å². The first-order valence-corrected chi connectivity index (χ1v) is 12.7. The van der Waals surface area contributed by atoms with Crippen molar-refractivity contribution < 1.29 is 19.1 Å². The molecule has 8 nitrogen and oxygen atoms in total. The number of anilines is 1. The molecule has 1 aromatic carbocycles. The highest BCUT2D eigenvalue weighted by Gasteiger charge is 2.43. The Hall–Kier alpha value is -2.29. The highest BCUT2D eigenvalue weighted by Crippen LogP contribution is 2.30. The lowest BCUT2D eigenvalue weighted by Gasteiger charge is -2.27. The number of nitrogens with one attached hydrogen (secondary N) is 1. The molecule has 2 aliphatic heterocycles. The van der Waals surface area contributed by atoms with Crippen molar-refractivity contribution in [1.29, 1.82) is 5.26 Å². The minimum Gasteiger partial charge on any atom is -0.379 e. The van der Waals surface area contributed by atoms with E-state index in [1.165, 1.54) is 11.3 Å². The Labute approximate surface area is 214 Å². The van der Waals surface area contributed by atoms with E-state index in [1.807, 2.05) is 23.2 Å². The first kappa shape index (κ1) is 24.8. The third-order valence-electron chi connectivity index (χ3n) is 5.79. The fourth-order valence-electron chi connectivity index (χ4n) is 4.02. The molecule has 0 spiro atoms. The average molecular weight is 566 g/mol. The number of amides is 1. The summed E-state index contributed by atoms with van der Waals surface area (Å²) in [4.78, 5) is 32.4. The highest BCUT2D eigenvalue weighted by atomic mass is 79.9. The maximum absolute atomic E-state index is 13.4. The van der Waals surface area contributed by atoms with Gasteiger partial charge in [0, 0.05) is 32.4 Å². The van der Waals surface area contributed by atoms with Crippen LogP contribution in [-0.2, 0) is 20.7 Å². The Bertz CT molecular complexity index is 1160. The van der Waals surface area contributed by atoms with E-state index in [4.69, 9.17) is 26.3 Å². The molecule has 178 valence electrons. The largest absolute Gasteiger partial charge is 0.379 e. The van der Waals surface area contributed by atoms with Gasteiger partial charge in [-0.15, -0.1) is 11.3 Å². The van der Waals surface area contributed by atoms with Crippen LogP contribution in [0, 0.1) is 11.5 Å². The van der Waals surface area contributed by atoms with Crippen LogP contribution in [0.5, 0.6) is 0 Å². The molecule has 1 amide bonds. The molecule has 0 radical (unpaired) electrons. The molecule has 1 atom stereocenters. The van der Waals surface area contributed by atoms with Crippen molar-refractivity contribution in [2.75, 3.05) is 37.9 Å². The first-order valence-electron chi connectivity index (χ1n) is 10.7. The predicted octanol–water partition coefficient (Wildman–Crippen LogP) is 3.97. The zero-order chi connectivity index (χ0) is 24.1. The Morgan fingerprint density at radius 2 is 2.12 bits per heavy atom. The number of nitriles is 1. The predicted molar refractivity (Wildman–Crippen MR) is 134 cm³/mol. The number of carbonyl (C=O) groups is 2. The molecular formula is C23H22BrClN4O4S. The number of nitrogens with zero attached hydrogens (tertiary/aromatic N) is 3. The summed E-state index contributed by atoms with van der Waals surface area (Å²) in [6.07, 6.45) is 2.86. The molecule has 0 saturated carbocycles. The van der Waals surface area contributed by atoms with E-state index in [2.05, 4.69) is 26.2 Å². The van der Waals surface area contributed by atoms with Crippen LogP contribution in [0.25, 0.3) is 0 Å². The molecule has 1 aromatic heterocycles. The summed E-state index contributed by atoms with van der Waals surface area (Å²) in [5.41, 5.74) is 0.351. The highest BCUT2D eigenvalue weighted by molar-refractivity contribution is 9.11. The Kier molecular flexibility index (Phi) is 8.01. The summed E-state index contributed by atoms with van der Waals surface area (Å²) < 4.78 is 11.9. The van der Waals surface area contributed by atoms with Crippen LogP contribution in [0.2, 0.25) is 5.02 Å². The van der Waals surface area contributed by atoms with Crippen LogP contribution in [0.15, 0.2) is 39.1 Å². The number of ether oxygens (including phenoxy) is 2. The number of hydrogen-bond donors (Lipinski definition) is 1. The fourth-order valence-corrected chi connectivity index (χ4v) is 5.61. The van der Waals surface area contributed by atoms with Crippen molar-refractivity contribution in [2.45, 2.75) is 24.8 Å².